The van der Waals surface area contributed by atoms with Gasteiger partial charge in [-0.15, -0.1) is 0 Å². The summed E-state index contributed by atoms with van der Waals surface area (Å²) >= 11 is 0. The third-order valence-corrected chi connectivity index (χ3v) is 11.1. The molecule has 0 aliphatic heterocycles. The van der Waals surface area contributed by atoms with Crippen molar-refractivity contribution in [2.45, 2.75) is 0 Å². The number of benzene rings is 8. The Morgan fingerprint density at radius 1 is 0.442 bits per heavy atom. The maximum atomic E-state index is 8.40. The van der Waals surface area contributed by atoms with Crippen molar-refractivity contribution in [2.75, 3.05) is 0 Å². The van der Waals surface area contributed by atoms with E-state index in [-0.39, 0.29) is 0 Å². The van der Waals surface area contributed by atoms with E-state index in [0.717, 1.165) is 55.1 Å². The summed E-state index contributed by atoms with van der Waals surface area (Å²) < 4.78 is 4.74. The van der Waals surface area contributed by atoms with Crippen LogP contribution in [0.25, 0.3) is 100 Å². The molecule has 1 aliphatic carbocycles. The Labute approximate surface area is 299 Å². The Hall–Kier alpha value is -6.97. The molecule has 0 radical (unpaired) electrons. The summed E-state index contributed by atoms with van der Waals surface area (Å²) in [7, 11) is 0. The third-order valence-electron chi connectivity index (χ3n) is 11.1. The van der Waals surface area contributed by atoms with Gasteiger partial charge in [-0.25, -0.2) is 0 Å². The highest BCUT2D eigenvalue weighted by atomic mass is 15.0. The van der Waals surface area contributed by atoms with Gasteiger partial charge in [0.25, 0.3) is 0 Å². The van der Waals surface area contributed by atoms with Gasteiger partial charge in [-0.1, -0.05) is 110 Å². The topological polar surface area (TPSA) is 33.7 Å². The van der Waals surface area contributed by atoms with Crippen molar-refractivity contribution in [1.82, 2.24) is 9.13 Å². The zero-order valence-electron chi connectivity index (χ0n) is 28.3. The van der Waals surface area contributed by atoms with Crippen molar-refractivity contribution in [2.24, 2.45) is 0 Å². The average Bonchev–Trinajstić information content (AvgIpc) is 3.82. The Morgan fingerprint density at radius 3 is 1.81 bits per heavy atom. The van der Waals surface area contributed by atoms with Crippen molar-refractivity contribution in [3.63, 3.8) is 0 Å². The Kier molecular flexibility index (Phi) is 5.97. The first-order valence-corrected chi connectivity index (χ1v) is 17.7. The zero-order valence-corrected chi connectivity index (χ0v) is 28.3. The zero-order chi connectivity index (χ0) is 34.5. The second kappa shape index (κ2) is 10.8. The minimum Gasteiger partial charge on any atom is -0.309 e. The lowest BCUT2D eigenvalue weighted by Crippen LogP contribution is -2.30. The lowest BCUT2D eigenvalue weighted by atomic mass is 10.00. The predicted octanol–water partition coefficient (Wildman–Crippen LogP) is 10.9. The van der Waals surface area contributed by atoms with E-state index in [1.165, 1.54) is 60.7 Å². The third kappa shape index (κ3) is 3.93. The van der Waals surface area contributed by atoms with E-state index in [4.69, 9.17) is 12.0 Å². The molecule has 2 aromatic heterocycles. The second-order valence-corrected chi connectivity index (χ2v) is 13.8. The summed E-state index contributed by atoms with van der Waals surface area (Å²) in [6, 6.07) is 59.2. The van der Waals surface area contributed by atoms with Crippen LogP contribution in [-0.2, 0) is 0 Å². The number of hydrogen-bond acceptors (Lipinski definition) is 1. The molecule has 0 saturated carbocycles. The number of nitrogens with zero attached hydrogens (tertiary/aromatic N) is 2. The summed E-state index contributed by atoms with van der Waals surface area (Å²) in [5, 5.41) is 17.7. The standard InChI is InChI=1S/C49H31N3/c1-30-44(24-21-39-36-15-7-8-16-37(36)43(29-50)49(30)39)52-47-23-20-34(27-41(47)42-25-31-11-5-6-12-32(31)28-48(42)52)33-19-22-46-40(26-33)38-17-9-10-18-45(38)51(46)35-13-3-2-4-14-35/h2-29,50H,1H2. The van der Waals surface area contributed by atoms with Gasteiger partial charge in [0.1, 0.15) is 0 Å². The van der Waals surface area contributed by atoms with Crippen LogP contribution < -0.4 is 10.4 Å². The molecule has 11 rings (SSSR count). The van der Waals surface area contributed by atoms with E-state index in [0.29, 0.717) is 0 Å². The van der Waals surface area contributed by atoms with Gasteiger partial charge in [0, 0.05) is 44.2 Å². The number of hydrogen-bond donors (Lipinski definition) is 1. The van der Waals surface area contributed by atoms with Crippen LogP contribution in [0.5, 0.6) is 0 Å². The highest BCUT2D eigenvalue weighted by Gasteiger charge is 2.22. The van der Waals surface area contributed by atoms with Gasteiger partial charge >= 0.3 is 0 Å². The number of aromatic nitrogens is 2. The summed E-state index contributed by atoms with van der Waals surface area (Å²) in [6.45, 7) is 4.70. The smallest absolute Gasteiger partial charge is 0.0547 e. The van der Waals surface area contributed by atoms with E-state index in [2.05, 4.69) is 167 Å². The average molecular weight is 662 g/mol. The Morgan fingerprint density at radius 2 is 1.04 bits per heavy atom. The van der Waals surface area contributed by atoms with Crippen LogP contribution in [0.1, 0.15) is 5.56 Å². The number of fused-ring (bicyclic) bond motifs is 10. The second-order valence-electron chi connectivity index (χ2n) is 13.8. The summed E-state index contributed by atoms with van der Waals surface area (Å²) in [6.07, 6.45) is 1.49. The Balaban J connectivity index is 1.17. The highest BCUT2D eigenvalue weighted by Crippen LogP contribution is 2.39. The molecule has 1 aliphatic rings. The van der Waals surface area contributed by atoms with Crippen LogP contribution in [0, 0.1) is 5.41 Å². The molecule has 1 N–H and O–H groups in total. The lowest BCUT2D eigenvalue weighted by molar-refractivity contribution is 1.16. The predicted molar refractivity (Wildman–Crippen MR) is 220 cm³/mol. The van der Waals surface area contributed by atoms with Gasteiger partial charge in [0.05, 0.1) is 27.8 Å². The molecule has 8 aromatic carbocycles. The highest BCUT2D eigenvalue weighted by molar-refractivity contribution is 6.16. The van der Waals surface area contributed by atoms with E-state index in [1.54, 1.807) is 0 Å². The normalized spacial score (nSPS) is 12.3. The molecule has 0 spiro atoms. The fraction of sp³-hybridized carbons (Fsp3) is 0. The molecule has 0 atom stereocenters. The maximum absolute atomic E-state index is 8.40. The number of nitrogens with one attached hydrogen (secondary N) is 1. The summed E-state index contributed by atoms with van der Waals surface area (Å²) in [5.41, 5.74) is 13.6. The first-order valence-electron chi connectivity index (χ1n) is 17.7. The lowest BCUT2D eigenvalue weighted by Gasteiger charge is -2.11. The minimum absolute atomic E-state index is 0.926. The van der Waals surface area contributed by atoms with Gasteiger partial charge < -0.3 is 14.5 Å². The van der Waals surface area contributed by atoms with Crippen molar-refractivity contribution in [3.05, 3.63) is 180 Å². The van der Waals surface area contributed by atoms with Crippen molar-refractivity contribution in [3.8, 4) is 33.6 Å². The van der Waals surface area contributed by atoms with Gasteiger partial charge in [-0.2, -0.15) is 0 Å². The van der Waals surface area contributed by atoms with E-state index in [1.807, 2.05) is 6.07 Å². The van der Waals surface area contributed by atoms with E-state index in [9.17, 15) is 0 Å². The van der Waals surface area contributed by atoms with Gasteiger partial charge in [-0.05, 0) is 104 Å². The largest absolute Gasteiger partial charge is 0.309 e. The monoisotopic (exact) mass is 661 g/mol. The number of rotatable bonds is 4. The molecule has 242 valence electrons. The first-order chi connectivity index (χ1) is 25.7. The minimum atomic E-state index is 0.926. The molecule has 0 fully saturated rings. The Bertz CT molecular complexity index is 3270. The van der Waals surface area contributed by atoms with E-state index >= 15 is 0 Å². The van der Waals surface area contributed by atoms with Crippen molar-refractivity contribution in [1.29, 1.82) is 5.41 Å². The molecule has 3 heteroatoms. The molecular weight excluding hydrogens is 631 g/mol. The van der Waals surface area contributed by atoms with Crippen LogP contribution in [0.15, 0.2) is 164 Å². The van der Waals surface area contributed by atoms with Gasteiger partial charge in [0.15, 0.2) is 0 Å². The quantitative estimate of drug-likeness (QED) is 0.182. The van der Waals surface area contributed by atoms with E-state index < -0.39 is 0 Å². The molecule has 52 heavy (non-hydrogen) atoms. The molecule has 0 bridgehead atoms. The fourth-order valence-corrected chi connectivity index (χ4v) is 8.77. The first kappa shape index (κ1) is 28.8. The maximum Gasteiger partial charge on any atom is 0.0547 e. The molecule has 0 amide bonds. The van der Waals surface area contributed by atoms with Crippen LogP contribution in [-0.4, -0.2) is 15.3 Å². The van der Waals surface area contributed by atoms with Gasteiger partial charge in [-0.3, -0.25) is 0 Å². The van der Waals surface area contributed by atoms with Crippen molar-refractivity contribution >= 4 is 72.8 Å². The molecule has 3 nitrogen and oxygen atoms in total. The van der Waals surface area contributed by atoms with Gasteiger partial charge in [0.2, 0.25) is 0 Å². The van der Waals surface area contributed by atoms with Crippen LogP contribution in [0.4, 0.5) is 0 Å². The number of para-hydroxylation sites is 2. The SMILES string of the molecule is C=c1c(-n2c3ccc(-c4ccc5c(c4)c4ccccc4n5-c4ccccc4)cc3c3cc4ccccc4cc32)ccc2c1=C(C=N)c1ccccc1-2. The fourth-order valence-electron chi connectivity index (χ4n) is 8.77. The summed E-state index contributed by atoms with van der Waals surface area (Å²) in [5.74, 6) is 0. The van der Waals surface area contributed by atoms with Crippen LogP contribution >= 0.6 is 0 Å². The molecular formula is C49H31N3. The molecule has 10 aromatic rings. The molecule has 2 heterocycles. The van der Waals surface area contributed by atoms with Crippen molar-refractivity contribution < 1.29 is 0 Å². The summed E-state index contributed by atoms with van der Waals surface area (Å²) in [4.78, 5) is 0. The van der Waals surface area contributed by atoms with Crippen LogP contribution in [0.2, 0.25) is 0 Å². The molecule has 0 saturated heterocycles. The van der Waals surface area contributed by atoms with Crippen LogP contribution in [0.3, 0.4) is 0 Å². The molecule has 0 unspecified atom stereocenters.